The molecule has 1 fully saturated rings. The number of anilines is 1. The molecule has 1 aliphatic heterocycles. The van der Waals surface area contributed by atoms with Crippen molar-refractivity contribution >= 4 is 11.5 Å². The molecule has 7 nitrogen and oxygen atoms in total. The van der Waals surface area contributed by atoms with Crippen LogP contribution in [0.2, 0.25) is 0 Å². The van der Waals surface area contributed by atoms with E-state index in [1.54, 1.807) is 18.3 Å². The molecule has 10 heteroatoms. The summed E-state index contributed by atoms with van der Waals surface area (Å²) in [4.78, 5) is 8.76. The van der Waals surface area contributed by atoms with Gasteiger partial charge in [-0.05, 0) is 12.1 Å². The molecule has 3 aromatic rings. The molecule has 0 spiro atoms. The lowest BCUT2D eigenvalue weighted by Crippen LogP contribution is -2.29. The number of pyridine rings is 1. The highest BCUT2D eigenvalue weighted by atomic mass is 19.3. The maximum Gasteiger partial charge on any atom is 0.272 e. The van der Waals surface area contributed by atoms with Gasteiger partial charge in [0.1, 0.15) is 18.6 Å². The minimum atomic E-state index is -2.56. The first kappa shape index (κ1) is 17.5. The highest BCUT2D eigenvalue weighted by molar-refractivity contribution is 5.75. The van der Waals surface area contributed by atoms with Crippen molar-refractivity contribution in [2.45, 2.75) is 18.6 Å². The van der Waals surface area contributed by atoms with Crippen LogP contribution in [0.25, 0.3) is 16.9 Å². The maximum absolute atomic E-state index is 13.8. The fourth-order valence-electron chi connectivity index (χ4n) is 2.92. The molecule has 2 atom stereocenters. The minimum absolute atomic E-state index is 0.198. The third kappa shape index (κ3) is 3.80. The van der Waals surface area contributed by atoms with E-state index in [1.165, 1.54) is 16.9 Å². The molecule has 0 aliphatic carbocycles. The standard InChI is InChI=1S/C17H17F3N6O/c18-12-6-21-7-14(12)25-16-3-1-2-13(24-16)11-5-23-26-8-10(4-22-17(11)26)27-9-15(19)20/h1-5,8,12,14-15,21H,6-7,9H2,(H,24,25)/t12-,14-/m0/s1. The molecule has 0 saturated carbocycles. The number of rotatable bonds is 6. The Bertz CT molecular complexity index is 934. The summed E-state index contributed by atoms with van der Waals surface area (Å²) in [6.45, 7) is 0.153. The number of nitrogens with one attached hydrogen (secondary N) is 2. The molecule has 4 heterocycles. The van der Waals surface area contributed by atoms with Crippen LogP contribution >= 0.6 is 0 Å². The fourth-order valence-corrected chi connectivity index (χ4v) is 2.92. The van der Waals surface area contributed by atoms with Crippen molar-refractivity contribution in [2.24, 2.45) is 0 Å². The Morgan fingerprint density at radius 2 is 2.19 bits per heavy atom. The van der Waals surface area contributed by atoms with Crippen LogP contribution in [-0.2, 0) is 0 Å². The van der Waals surface area contributed by atoms with E-state index in [1.807, 2.05) is 6.07 Å². The Hall–Kier alpha value is -2.88. The molecule has 27 heavy (non-hydrogen) atoms. The van der Waals surface area contributed by atoms with Gasteiger partial charge in [0.15, 0.2) is 11.4 Å². The second-order valence-corrected chi connectivity index (χ2v) is 6.15. The maximum atomic E-state index is 13.8. The summed E-state index contributed by atoms with van der Waals surface area (Å²) >= 11 is 0. The third-order valence-corrected chi connectivity index (χ3v) is 4.21. The SMILES string of the molecule is FC(F)COc1cnc2c(-c3cccc(N[C@H]4CNC[C@@H]4F)n3)cnn2c1. The van der Waals surface area contributed by atoms with Gasteiger partial charge in [0.05, 0.1) is 35.9 Å². The molecule has 1 saturated heterocycles. The lowest BCUT2D eigenvalue weighted by atomic mass is 10.2. The number of nitrogens with zero attached hydrogens (tertiary/aromatic N) is 4. The van der Waals surface area contributed by atoms with Crippen LogP contribution in [0.1, 0.15) is 0 Å². The Morgan fingerprint density at radius 1 is 1.30 bits per heavy atom. The predicted molar refractivity (Wildman–Crippen MR) is 92.9 cm³/mol. The van der Waals surface area contributed by atoms with Crippen molar-refractivity contribution in [1.82, 2.24) is 24.9 Å². The lowest BCUT2D eigenvalue weighted by molar-refractivity contribution is 0.0814. The first-order valence-electron chi connectivity index (χ1n) is 8.43. The second kappa shape index (κ2) is 7.39. The summed E-state index contributed by atoms with van der Waals surface area (Å²) in [5, 5.41) is 10.3. The summed E-state index contributed by atoms with van der Waals surface area (Å²) in [5.74, 6) is 0.753. The van der Waals surface area contributed by atoms with Crippen LogP contribution in [-0.4, -0.2) is 57.9 Å². The van der Waals surface area contributed by atoms with Crippen molar-refractivity contribution in [1.29, 1.82) is 0 Å². The Balaban J connectivity index is 1.57. The van der Waals surface area contributed by atoms with Gasteiger partial charge in [0.25, 0.3) is 6.43 Å². The number of hydrogen-bond donors (Lipinski definition) is 2. The molecule has 2 N–H and O–H groups in total. The van der Waals surface area contributed by atoms with Gasteiger partial charge < -0.3 is 15.4 Å². The summed E-state index contributed by atoms with van der Waals surface area (Å²) in [6, 6.07) is 5.04. The molecular weight excluding hydrogens is 361 g/mol. The average molecular weight is 378 g/mol. The molecule has 0 radical (unpaired) electrons. The molecule has 0 amide bonds. The fraction of sp³-hybridized carbons (Fsp3) is 0.353. The van der Waals surface area contributed by atoms with Gasteiger partial charge in [-0.1, -0.05) is 6.07 Å². The van der Waals surface area contributed by atoms with Crippen LogP contribution < -0.4 is 15.4 Å². The predicted octanol–water partition coefficient (Wildman–Crippen LogP) is 2.16. The van der Waals surface area contributed by atoms with Gasteiger partial charge in [-0.2, -0.15) is 5.10 Å². The molecule has 1 aliphatic rings. The number of fused-ring (bicyclic) bond motifs is 1. The number of ether oxygens (including phenoxy) is 1. The Labute approximate surface area is 152 Å². The van der Waals surface area contributed by atoms with Crippen molar-refractivity contribution in [3.63, 3.8) is 0 Å². The molecule has 4 rings (SSSR count). The van der Waals surface area contributed by atoms with E-state index < -0.39 is 19.2 Å². The van der Waals surface area contributed by atoms with Gasteiger partial charge in [-0.15, -0.1) is 0 Å². The summed E-state index contributed by atoms with van der Waals surface area (Å²) < 4.78 is 44.7. The van der Waals surface area contributed by atoms with Gasteiger partial charge in [0, 0.05) is 13.1 Å². The van der Waals surface area contributed by atoms with Crippen LogP contribution in [0.3, 0.4) is 0 Å². The van der Waals surface area contributed by atoms with Gasteiger partial charge in [-0.25, -0.2) is 27.7 Å². The highest BCUT2D eigenvalue weighted by Crippen LogP contribution is 2.24. The van der Waals surface area contributed by atoms with E-state index in [-0.39, 0.29) is 11.8 Å². The van der Waals surface area contributed by atoms with Crippen molar-refractivity contribution < 1.29 is 17.9 Å². The van der Waals surface area contributed by atoms with Crippen molar-refractivity contribution in [3.05, 3.63) is 36.8 Å². The molecule has 0 aromatic carbocycles. The number of hydrogen-bond acceptors (Lipinski definition) is 6. The van der Waals surface area contributed by atoms with Crippen molar-refractivity contribution in [3.8, 4) is 17.0 Å². The zero-order chi connectivity index (χ0) is 18.8. The van der Waals surface area contributed by atoms with Gasteiger partial charge in [-0.3, -0.25) is 0 Å². The van der Waals surface area contributed by atoms with Crippen LogP contribution in [0.4, 0.5) is 19.0 Å². The molecule has 142 valence electrons. The highest BCUT2D eigenvalue weighted by Gasteiger charge is 2.26. The number of aromatic nitrogens is 4. The summed E-state index contributed by atoms with van der Waals surface area (Å²) in [5.41, 5.74) is 1.79. The van der Waals surface area contributed by atoms with E-state index in [9.17, 15) is 13.2 Å². The van der Waals surface area contributed by atoms with E-state index in [0.717, 1.165) is 0 Å². The lowest BCUT2D eigenvalue weighted by Gasteiger charge is -2.15. The van der Waals surface area contributed by atoms with E-state index in [4.69, 9.17) is 4.74 Å². The monoisotopic (exact) mass is 378 g/mol. The van der Waals surface area contributed by atoms with Crippen LogP contribution in [0.5, 0.6) is 5.75 Å². The minimum Gasteiger partial charge on any atom is -0.484 e. The summed E-state index contributed by atoms with van der Waals surface area (Å²) in [6.07, 6.45) is 0.894. The Kier molecular flexibility index (Phi) is 4.80. The number of halogens is 3. The third-order valence-electron chi connectivity index (χ3n) is 4.21. The second-order valence-electron chi connectivity index (χ2n) is 6.15. The normalized spacial score (nSPS) is 19.7. The summed E-state index contributed by atoms with van der Waals surface area (Å²) in [7, 11) is 0. The zero-order valence-electron chi connectivity index (χ0n) is 14.1. The molecule has 0 bridgehead atoms. The van der Waals surface area contributed by atoms with E-state index in [0.29, 0.717) is 35.8 Å². The number of alkyl halides is 3. The quantitative estimate of drug-likeness (QED) is 0.685. The molecule has 3 aromatic heterocycles. The van der Waals surface area contributed by atoms with Crippen molar-refractivity contribution in [2.75, 3.05) is 25.0 Å². The van der Waals surface area contributed by atoms with E-state index >= 15 is 0 Å². The zero-order valence-corrected chi connectivity index (χ0v) is 14.1. The molecular formula is C17H17F3N6O. The Morgan fingerprint density at radius 3 is 2.96 bits per heavy atom. The van der Waals surface area contributed by atoms with Crippen LogP contribution in [0, 0.1) is 0 Å². The van der Waals surface area contributed by atoms with Crippen LogP contribution in [0.15, 0.2) is 36.8 Å². The topological polar surface area (TPSA) is 76.4 Å². The smallest absolute Gasteiger partial charge is 0.272 e. The van der Waals surface area contributed by atoms with Gasteiger partial charge in [0.2, 0.25) is 0 Å². The van der Waals surface area contributed by atoms with E-state index in [2.05, 4.69) is 25.7 Å². The average Bonchev–Trinajstić information content (AvgIpc) is 3.26. The largest absolute Gasteiger partial charge is 0.484 e. The first-order chi connectivity index (χ1) is 13.1. The van der Waals surface area contributed by atoms with Gasteiger partial charge >= 0.3 is 0 Å². The first-order valence-corrected chi connectivity index (χ1v) is 8.43. The molecule has 0 unspecified atom stereocenters.